The first-order chi connectivity index (χ1) is 16.3. The average molecular weight is 573 g/mol. The van der Waals surface area contributed by atoms with Gasteiger partial charge in [0, 0.05) is 12.3 Å². The quantitative estimate of drug-likeness (QED) is 0.385. The van der Waals surface area contributed by atoms with Gasteiger partial charge in [-0.1, -0.05) is 34.1 Å². The number of aryl methyl sites for hydroxylation is 1. The van der Waals surface area contributed by atoms with Gasteiger partial charge in [-0.05, 0) is 60.2 Å². The van der Waals surface area contributed by atoms with Crippen LogP contribution in [0.1, 0.15) is 77.4 Å². The van der Waals surface area contributed by atoms with Crippen LogP contribution in [-0.2, 0) is 19.1 Å². The SMILES string of the molecule is C/C(=C\c1nc(C)sc1Br)[C@@H]1C[C@@H]2O[C@@H]2CCC[C@H](C)C(O)[C@@H](C)C(=O)C(C)(C)[C@@H](O)CC(=O)O1. The molecule has 0 saturated carbocycles. The number of ketones is 1. The second-order valence-electron chi connectivity index (χ2n) is 10.7. The number of aliphatic hydroxyl groups excluding tert-OH is 2. The van der Waals surface area contributed by atoms with Gasteiger partial charge >= 0.3 is 5.97 Å². The van der Waals surface area contributed by atoms with E-state index in [2.05, 4.69) is 20.9 Å². The van der Waals surface area contributed by atoms with Gasteiger partial charge in [0.05, 0.1) is 50.7 Å². The Hall–Kier alpha value is -1.13. The molecule has 0 amide bonds. The highest BCUT2D eigenvalue weighted by atomic mass is 79.9. The maximum atomic E-state index is 13.2. The Morgan fingerprint density at radius 3 is 2.51 bits per heavy atom. The third-order valence-corrected chi connectivity index (χ3v) is 9.15. The molecule has 3 heterocycles. The molecule has 2 N–H and O–H groups in total. The molecule has 0 bridgehead atoms. The van der Waals surface area contributed by atoms with Crippen LogP contribution < -0.4 is 0 Å². The monoisotopic (exact) mass is 571 g/mol. The normalized spacial score (nSPS) is 35.3. The molecule has 0 aliphatic carbocycles. The van der Waals surface area contributed by atoms with Crippen LogP contribution in [0.15, 0.2) is 9.36 Å². The molecule has 1 aromatic rings. The van der Waals surface area contributed by atoms with Crippen LogP contribution in [0.2, 0.25) is 0 Å². The van der Waals surface area contributed by atoms with Crippen LogP contribution in [0.25, 0.3) is 6.08 Å². The number of thiazole rings is 1. The summed E-state index contributed by atoms with van der Waals surface area (Å²) in [5.74, 6) is -1.54. The van der Waals surface area contributed by atoms with E-state index in [9.17, 15) is 19.8 Å². The summed E-state index contributed by atoms with van der Waals surface area (Å²) in [5, 5.41) is 22.6. The lowest BCUT2D eigenvalue weighted by molar-refractivity contribution is -0.154. The van der Waals surface area contributed by atoms with Crippen molar-refractivity contribution in [2.45, 2.75) is 104 Å². The van der Waals surface area contributed by atoms with Gasteiger partial charge in [0.25, 0.3) is 0 Å². The highest BCUT2D eigenvalue weighted by molar-refractivity contribution is 9.11. The Balaban J connectivity index is 1.84. The molecule has 0 radical (unpaired) electrons. The van der Waals surface area contributed by atoms with E-state index in [1.54, 1.807) is 32.1 Å². The molecule has 1 unspecified atom stereocenters. The number of rotatable bonds is 2. The molecular weight excluding hydrogens is 534 g/mol. The molecule has 0 aromatic carbocycles. The van der Waals surface area contributed by atoms with Crippen LogP contribution in [0, 0.1) is 24.2 Å². The fourth-order valence-electron chi connectivity index (χ4n) is 4.82. The lowest BCUT2D eigenvalue weighted by atomic mass is 9.73. The highest BCUT2D eigenvalue weighted by Crippen LogP contribution is 2.37. The maximum absolute atomic E-state index is 13.2. The highest BCUT2D eigenvalue weighted by Gasteiger charge is 2.44. The molecule has 9 heteroatoms. The summed E-state index contributed by atoms with van der Waals surface area (Å²) in [6, 6.07) is 0. The van der Waals surface area contributed by atoms with Gasteiger partial charge in [-0.15, -0.1) is 11.3 Å². The number of carbonyl (C=O) groups is 2. The number of hydrogen-bond acceptors (Lipinski definition) is 8. The third kappa shape index (κ3) is 7.01. The summed E-state index contributed by atoms with van der Waals surface area (Å²) in [6.07, 6.45) is 2.16. The zero-order valence-electron chi connectivity index (χ0n) is 21.4. The van der Waals surface area contributed by atoms with Crippen molar-refractivity contribution in [3.05, 3.63) is 20.1 Å². The van der Waals surface area contributed by atoms with Gasteiger partial charge in [-0.25, -0.2) is 4.98 Å². The van der Waals surface area contributed by atoms with Crippen molar-refractivity contribution >= 4 is 45.1 Å². The summed E-state index contributed by atoms with van der Waals surface area (Å²) >= 11 is 5.08. The Morgan fingerprint density at radius 2 is 1.89 bits per heavy atom. The topological polar surface area (TPSA) is 109 Å². The van der Waals surface area contributed by atoms with E-state index < -0.39 is 35.6 Å². The van der Waals surface area contributed by atoms with E-state index in [-0.39, 0.29) is 30.3 Å². The van der Waals surface area contributed by atoms with Gasteiger partial charge in [0.15, 0.2) is 0 Å². The third-order valence-electron chi connectivity index (χ3n) is 7.48. The Labute approximate surface area is 220 Å². The number of Topliss-reactive ketones (excluding diaryl/α,β-unsaturated/α-hetero) is 1. The van der Waals surface area contributed by atoms with E-state index in [1.807, 2.05) is 26.8 Å². The summed E-state index contributed by atoms with van der Waals surface area (Å²) in [7, 11) is 0. The van der Waals surface area contributed by atoms with Crippen molar-refractivity contribution in [1.29, 1.82) is 0 Å². The van der Waals surface area contributed by atoms with Gasteiger partial charge in [-0.3, -0.25) is 9.59 Å². The summed E-state index contributed by atoms with van der Waals surface area (Å²) < 4.78 is 12.6. The van der Waals surface area contributed by atoms with E-state index in [0.717, 1.165) is 39.3 Å². The van der Waals surface area contributed by atoms with Crippen LogP contribution in [0.3, 0.4) is 0 Å². The number of halogens is 1. The van der Waals surface area contributed by atoms with Gasteiger partial charge in [0.1, 0.15) is 11.9 Å². The van der Waals surface area contributed by atoms with Gasteiger partial charge in [0.2, 0.25) is 0 Å². The number of ether oxygens (including phenoxy) is 2. The number of cyclic esters (lactones) is 1. The lowest BCUT2D eigenvalue weighted by Gasteiger charge is -2.34. The predicted octanol–water partition coefficient (Wildman–Crippen LogP) is 4.85. The average Bonchev–Trinajstić information content (AvgIpc) is 3.44. The molecule has 1 aromatic heterocycles. The molecule has 196 valence electrons. The van der Waals surface area contributed by atoms with Crippen molar-refractivity contribution in [2.75, 3.05) is 0 Å². The van der Waals surface area contributed by atoms with Crippen molar-refractivity contribution in [3.8, 4) is 0 Å². The molecule has 2 aliphatic heterocycles. The van der Waals surface area contributed by atoms with Crippen molar-refractivity contribution in [3.63, 3.8) is 0 Å². The fourth-order valence-corrected chi connectivity index (χ4v) is 6.34. The number of nitrogens with zero attached hydrogens (tertiary/aromatic N) is 1. The molecule has 7 atom stereocenters. The van der Waals surface area contributed by atoms with Crippen molar-refractivity contribution < 1.29 is 29.3 Å². The van der Waals surface area contributed by atoms with E-state index in [1.165, 1.54) is 0 Å². The van der Waals surface area contributed by atoms with Crippen LogP contribution in [0.5, 0.6) is 0 Å². The number of carbonyl (C=O) groups excluding carboxylic acids is 2. The lowest BCUT2D eigenvalue weighted by Crippen LogP contribution is -2.45. The van der Waals surface area contributed by atoms with Crippen LogP contribution >= 0.6 is 27.3 Å². The minimum atomic E-state index is -1.23. The van der Waals surface area contributed by atoms with Gasteiger partial charge < -0.3 is 19.7 Å². The molecular formula is C26H38BrNO6S. The standard InChI is InChI=1S/C26H38BrNO6S/c1-13-8-7-9-18-20(33-18)11-19(14(2)10-17-25(27)35-16(4)28-17)34-22(30)12-21(29)26(5,6)24(32)15(3)23(13)31/h10,13,15,18-21,23,29,31H,7-9,11-12H2,1-6H3/b14-10+/t13-,15+,18+,19-,20-,21-,23?/m0/s1. The van der Waals surface area contributed by atoms with Crippen LogP contribution in [-0.4, -0.2) is 57.5 Å². The Kier molecular flexibility index (Phi) is 9.35. The predicted molar refractivity (Wildman–Crippen MR) is 139 cm³/mol. The fraction of sp³-hybridized carbons (Fsp3) is 0.731. The molecule has 2 aliphatic rings. The molecule has 2 saturated heterocycles. The van der Waals surface area contributed by atoms with E-state index in [4.69, 9.17) is 9.47 Å². The second kappa shape index (κ2) is 11.5. The van der Waals surface area contributed by atoms with Crippen molar-refractivity contribution in [2.24, 2.45) is 17.3 Å². The van der Waals surface area contributed by atoms with Crippen molar-refractivity contribution in [1.82, 2.24) is 4.98 Å². The zero-order chi connectivity index (χ0) is 26.1. The summed E-state index contributed by atoms with van der Waals surface area (Å²) in [6.45, 7) is 10.7. The first-order valence-corrected chi connectivity index (χ1v) is 14.0. The molecule has 7 nitrogen and oxygen atoms in total. The van der Waals surface area contributed by atoms with E-state index in [0.29, 0.717) is 6.42 Å². The smallest absolute Gasteiger partial charge is 0.309 e. The second-order valence-corrected chi connectivity index (χ2v) is 13.2. The maximum Gasteiger partial charge on any atom is 0.309 e. The first kappa shape index (κ1) is 28.4. The molecule has 3 rings (SSSR count). The Morgan fingerprint density at radius 1 is 1.20 bits per heavy atom. The minimum Gasteiger partial charge on any atom is -0.458 e. The number of aromatic nitrogens is 1. The Bertz CT molecular complexity index is 960. The summed E-state index contributed by atoms with van der Waals surface area (Å²) in [5.41, 5.74) is 0.425. The molecule has 35 heavy (non-hydrogen) atoms. The largest absolute Gasteiger partial charge is 0.458 e. The zero-order valence-corrected chi connectivity index (χ0v) is 23.8. The molecule has 2 fully saturated rings. The molecule has 0 spiro atoms. The minimum absolute atomic E-state index is 0.00763. The number of esters is 1. The number of hydrogen-bond donors (Lipinski definition) is 2. The van der Waals surface area contributed by atoms with E-state index >= 15 is 0 Å². The number of fused-ring (bicyclic) bond motifs is 1. The van der Waals surface area contributed by atoms with Crippen LogP contribution in [0.4, 0.5) is 0 Å². The van der Waals surface area contributed by atoms with Gasteiger partial charge in [-0.2, -0.15) is 0 Å². The number of aliphatic hydroxyl groups is 2. The number of epoxide rings is 1. The first-order valence-electron chi connectivity index (χ1n) is 12.4. The summed E-state index contributed by atoms with van der Waals surface area (Å²) in [4.78, 5) is 30.6.